The molecule has 0 saturated carbocycles. The molecule has 1 aromatic carbocycles. The van der Waals surface area contributed by atoms with Gasteiger partial charge in [-0.3, -0.25) is 9.69 Å². The van der Waals surface area contributed by atoms with Gasteiger partial charge in [-0.1, -0.05) is 36.2 Å². The molecule has 156 valence electrons. The van der Waals surface area contributed by atoms with Gasteiger partial charge in [0.05, 0.1) is 23.9 Å². The lowest BCUT2D eigenvalue weighted by Crippen LogP contribution is -2.45. The third-order valence-electron chi connectivity index (χ3n) is 6.66. The van der Waals surface area contributed by atoms with Gasteiger partial charge in [-0.2, -0.15) is 0 Å². The van der Waals surface area contributed by atoms with Gasteiger partial charge in [0.15, 0.2) is 0 Å². The molecule has 1 N–H and O–H groups in total. The van der Waals surface area contributed by atoms with Gasteiger partial charge >= 0.3 is 6.03 Å². The second-order valence-electron chi connectivity index (χ2n) is 8.67. The molecule has 2 atom stereocenters. The summed E-state index contributed by atoms with van der Waals surface area (Å²) in [6.07, 6.45) is 4.85. The molecule has 3 heterocycles. The highest BCUT2D eigenvalue weighted by atomic mass is 16.2. The summed E-state index contributed by atoms with van der Waals surface area (Å²) in [6, 6.07) is 8.19. The van der Waals surface area contributed by atoms with Crippen molar-refractivity contribution in [2.24, 2.45) is 0 Å². The zero-order valence-corrected chi connectivity index (χ0v) is 17.8. The Labute approximate surface area is 173 Å². The molecule has 0 aromatic heterocycles. The number of likely N-dealkylation sites (N-methyl/N-ethyl adjacent to an activating group) is 1. The summed E-state index contributed by atoms with van der Waals surface area (Å²) in [6.45, 7) is 7.80. The van der Waals surface area contributed by atoms with E-state index in [-0.39, 0.29) is 18.0 Å². The minimum absolute atomic E-state index is 0.0594. The lowest BCUT2D eigenvalue weighted by Gasteiger charge is -2.33. The molecule has 0 unspecified atom stereocenters. The number of piperidine rings is 1. The van der Waals surface area contributed by atoms with Crippen LogP contribution in [0.4, 0.5) is 4.79 Å². The summed E-state index contributed by atoms with van der Waals surface area (Å²) in [5.74, 6) is 0.0594. The van der Waals surface area contributed by atoms with Crippen LogP contribution in [0.25, 0.3) is 0 Å². The molecular formula is C23H32N4O2. The van der Waals surface area contributed by atoms with E-state index in [0.717, 1.165) is 41.9 Å². The van der Waals surface area contributed by atoms with E-state index in [1.807, 2.05) is 36.1 Å². The Hall–Kier alpha value is -2.34. The summed E-state index contributed by atoms with van der Waals surface area (Å²) in [5.41, 5.74) is 3.69. The number of carbonyl (C=O) groups is 2. The summed E-state index contributed by atoms with van der Waals surface area (Å²) < 4.78 is 0. The molecule has 0 radical (unpaired) electrons. The number of benzene rings is 1. The van der Waals surface area contributed by atoms with E-state index in [4.69, 9.17) is 0 Å². The molecule has 0 spiro atoms. The molecule has 3 aliphatic rings. The van der Waals surface area contributed by atoms with Crippen LogP contribution in [0.1, 0.15) is 49.8 Å². The fourth-order valence-corrected chi connectivity index (χ4v) is 4.77. The molecule has 1 aromatic rings. The Kier molecular flexibility index (Phi) is 5.63. The number of aryl methyl sites for hydroxylation is 1. The van der Waals surface area contributed by atoms with Gasteiger partial charge in [-0.05, 0) is 45.2 Å². The predicted molar refractivity (Wildman–Crippen MR) is 113 cm³/mol. The highest BCUT2D eigenvalue weighted by Gasteiger charge is 2.42. The Morgan fingerprint density at radius 2 is 1.86 bits per heavy atom. The number of rotatable bonds is 5. The van der Waals surface area contributed by atoms with Gasteiger partial charge in [0.1, 0.15) is 0 Å². The SMILES string of the molecule is Cc1ccc([C@@H]2NC(=O)N(C)C3=C2C(=O)N(CCCN2CCCC[C@@H]2C)C3)cc1. The first-order chi connectivity index (χ1) is 14.0. The van der Waals surface area contributed by atoms with Crippen LogP contribution < -0.4 is 5.32 Å². The molecule has 3 aliphatic heterocycles. The summed E-state index contributed by atoms with van der Waals surface area (Å²) in [7, 11) is 1.75. The Balaban J connectivity index is 1.46. The maximum absolute atomic E-state index is 13.3. The van der Waals surface area contributed by atoms with Crippen molar-refractivity contribution in [3.05, 3.63) is 46.7 Å². The fraction of sp³-hybridized carbons (Fsp3) is 0.565. The van der Waals surface area contributed by atoms with Gasteiger partial charge in [0, 0.05) is 26.2 Å². The lowest BCUT2D eigenvalue weighted by molar-refractivity contribution is -0.125. The number of hydrogen-bond donors (Lipinski definition) is 1. The number of likely N-dealkylation sites (tertiary alicyclic amines) is 1. The van der Waals surface area contributed by atoms with Crippen LogP contribution in [0, 0.1) is 6.92 Å². The summed E-state index contributed by atoms with van der Waals surface area (Å²) >= 11 is 0. The van der Waals surface area contributed by atoms with Crippen LogP contribution in [0.5, 0.6) is 0 Å². The predicted octanol–water partition coefficient (Wildman–Crippen LogP) is 3.05. The van der Waals surface area contributed by atoms with Crippen molar-refractivity contribution in [1.82, 2.24) is 20.0 Å². The van der Waals surface area contributed by atoms with E-state index >= 15 is 0 Å². The molecule has 29 heavy (non-hydrogen) atoms. The monoisotopic (exact) mass is 396 g/mol. The van der Waals surface area contributed by atoms with E-state index in [9.17, 15) is 9.59 Å². The minimum Gasteiger partial charge on any atom is -0.333 e. The van der Waals surface area contributed by atoms with Crippen molar-refractivity contribution in [2.75, 3.05) is 33.2 Å². The van der Waals surface area contributed by atoms with E-state index in [1.165, 1.54) is 25.8 Å². The van der Waals surface area contributed by atoms with Crippen LogP contribution in [0.2, 0.25) is 0 Å². The number of nitrogens with one attached hydrogen (secondary N) is 1. The van der Waals surface area contributed by atoms with Crippen molar-refractivity contribution >= 4 is 11.9 Å². The molecule has 0 aliphatic carbocycles. The highest BCUT2D eigenvalue weighted by molar-refractivity contribution is 6.01. The van der Waals surface area contributed by atoms with Crippen LogP contribution in [-0.4, -0.2) is 65.9 Å². The second-order valence-corrected chi connectivity index (χ2v) is 8.67. The maximum atomic E-state index is 13.3. The second kappa shape index (κ2) is 8.19. The molecule has 3 amide bonds. The normalized spacial score (nSPS) is 25.5. The van der Waals surface area contributed by atoms with E-state index in [0.29, 0.717) is 12.6 Å². The number of nitrogens with zero attached hydrogens (tertiary/aromatic N) is 3. The number of amides is 3. The first-order valence-corrected chi connectivity index (χ1v) is 10.8. The number of urea groups is 1. The summed E-state index contributed by atoms with van der Waals surface area (Å²) in [4.78, 5) is 31.8. The topological polar surface area (TPSA) is 55.9 Å². The molecule has 4 rings (SSSR count). The molecule has 6 nitrogen and oxygen atoms in total. The van der Waals surface area contributed by atoms with Crippen molar-refractivity contribution in [3.63, 3.8) is 0 Å². The van der Waals surface area contributed by atoms with Gasteiger partial charge in [-0.25, -0.2) is 4.79 Å². The molecule has 6 heteroatoms. The number of carbonyl (C=O) groups excluding carboxylic acids is 2. The quantitative estimate of drug-likeness (QED) is 0.832. The highest BCUT2D eigenvalue weighted by Crippen LogP contribution is 2.35. The largest absolute Gasteiger partial charge is 0.333 e. The third-order valence-corrected chi connectivity index (χ3v) is 6.66. The Bertz CT molecular complexity index is 817. The maximum Gasteiger partial charge on any atom is 0.322 e. The van der Waals surface area contributed by atoms with Crippen LogP contribution in [0.3, 0.4) is 0 Å². The zero-order chi connectivity index (χ0) is 20.5. The Morgan fingerprint density at radius 3 is 2.59 bits per heavy atom. The summed E-state index contributed by atoms with van der Waals surface area (Å²) in [5, 5.41) is 3.01. The van der Waals surface area contributed by atoms with Crippen LogP contribution >= 0.6 is 0 Å². The molecular weight excluding hydrogens is 364 g/mol. The Morgan fingerprint density at radius 1 is 1.10 bits per heavy atom. The molecule has 1 fully saturated rings. The molecule has 0 bridgehead atoms. The smallest absolute Gasteiger partial charge is 0.322 e. The van der Waals surface area contributed by atoms with Crippen molar-refractivity contribution in [1.29, 1.82) is 0 Å². The van der Waals surface area contributed by atoms with E-state index in [1.54, 1.807) is 11.9 Å². The van der Waals surface area contributed by atoms with E-state index in [2.05, 4.69) is 17.1 Å². The van der Waals surface area contributed by atoms with E-state index < -0.39 is 0 Å². The minimum atomic E-state index is -0.367. The van der Waals surface area contributed by atoms with Crippen LogP contribution in [0.15, 0.2) is 35.5 Å². The van der Waals surface area contributed by atoms with Gasteiger partial charge < -0.3 is 15.1 Å². The van der Waals surface area contributed by atoms with Gasteiger partial charge in [-0.15, -0.1) is 0 Å². The van der Waals surface area contributed by atoms with Gasteiger partial charge in [0.2, 0.25) is 0 Å². The standard InChI is InChI=1S/C23H32N4O2/c1-16-8-10-18(11-9-16)21-20-19(25(3)23(29)24-21)15-27(22(20)28)14-6-13-26-12-5-4-7-17(26)2/h8-11,17,21H,4-7,12-15H2,1-3H3,(H,24,29)/t17-,21-/m0/s1. The average molecular weight is 397 g/mol. The first kappa shape index (κ1) is 20.0. The first-order valence-electron chi connectivity index (χ1n) is 10.8. The average Bonchev–Trinajstić information content (AvgIpc) is 3.04. The van der Waals surface area contributed by atoms with Crippen molar-refractivity contribution in [3.8, 4) is 0 Å². The third kappa shape index (κ3) is 3.90. The van der Waals surface area contributed by atoms with Gasteiger partial charge in [0.25, 0.3) is 5.91 Å². The van der Waals surface area contributed by atoms with Crippen molar-refractivity contribution in [2.45, 2.75) is 51.6 Å². The molecule has 1 saturated heterocycles. The fourth-order valence-electron chi connectivity index (χ4n) is 4.77. The van der Waals surface area contributed by atoms with Crippen molar-refractivity contribution < 1.29 is 9.59 Å². The zero-order valence-electron chi connectivity index (χ0n) is 17.8. The number of hydrogen-bond acceptors (Lipinski definition) is 3. The lowest BCUT2D eigenvalue weighted by atomic mass is 9.95. The van der Waals surface area contributed by atoms with Crippen LogP contribution in [-0.2, 0) is 4.79 Å².